The quantitative estimate of drug-likeness (QED) is 0.671. The SMILES string of the molecule is CCOC(=O)C1=C(COC(=O)[C@H]2CC(=O)N(c3ccccc3F)C2)NC(=O)N[C@@H]1C. The van der Waals surface area contributed by atoms with Gasteiger partial charge in [-0.2, -0.15) is 0 Å². The van der Waals surface area contributed by atoms with Gasteiger partial charge in [0.2, 0.25) is 5.91 Å². The molecule has 30 heavy (non-hydrogen) atoms. The van der Waals surface area contributed by atoms with Gasteiger partial charge in [-0.1, -0.05) is 12.1 Å². The normalized spacial score (nSPS) is 21.2. The fourth-order valence-corrected chi connectivity index (χ4v) is 3.42. The van der Waals surface area contributed by atoms with E-state index in [1.807, 2.05) is 0 Å². The second-order valence-electron chi connectivity index (χ2n) is 6.90. The summed E-state index contributed by atoms with van der Waals surface area (Å²) >= 11 is 0. The average Bonchev–Trinajstić information content (AvgIpc) is 3.07. The molecule has 1 aromatic carbocycles. The zero-order valence-electron chi connectivity index (χ0n) is 16.6. The first-order chi connectivity index (χ1) is 14.3. The number of halogens is 1. The maximum atomic E-state index is 14.0. The van der Waals surface area contributed by atoms with Gasteiger partial charge in [0.1, 0.15) is 12.4 Å². The van der Waals surface area contributed by atoms with Crippen LogP contribution in [0.2, 0.25) is 0 Å². The number of ether oxygens (including phenoxy) is 2. The van der Waals surface area contributed by atoms with Crippen molar-refractivity contribution in [3.63, 3.8) is 0 Å². The van der Waals surface area contributed by atoms with Crippen LogP contribution in [-0.2, 0) is 23.9 Å². The first-order valence-corrected chi connectivity index (χ1v) is 9.51. The van der Waals surface area contributed by atoms with Crippen molar-refractivity contribution in [3.05, 3.63) is 41.4 Å². The van der Waals surface area contributed by atoms with E-state index >= 15 is 0 Å². The summed E-state index contributed by atoms with van der Waals surface area (Å²) in [5.41, 5.74) is 0.373. The molecule has 160 valence electrons. The number of carbonyl (C=O) groups is 4. The van der Waals surface area contributed by atoms with E-state index in [1.54, 1.807) is 19.9 Å². The molecule has 0 saturated carbocycles. The largest absolute Gasteiger partial charge is 0.463 e. The Bertz CT molecular complexity index is 916. The van der Waals surface area contributed by atoms with Gasteiger partial charge in [0.25, 0.3) is 0 Å². The number of hydrogen-bond donors (Lipinski definition) is 2. The second-order valence-corrected chi connectivity index (χ2v) is 6.90. The Morgan fingerprint density at radius 2 is 1.97 bits per heavy atom. The van der Waals surface area contributed by atoms with Gasteiger partial charge in [0.15, 0.2) is 0 Å². The highest BCUT2D eigenvalue weighted by Crippen LogP contribution is 2.28. The lowest BCUT2D eigenvalue weighted by atomic mass is 10.0. The van der Waals surface area contributed by atoms with Crippen molar-refractivity contribution in [2.45, 2.75) is 26.3 Å². The van der Waals surface area contributed by atoms with Gasteiger partial charge >= 0.3 is 18.0 Å². The van der Waals surface area contributed by atoms with E-state index in [4.69, 9.17) is 9.47 Å². The van der Waals surface area contributed by atoms with E-state index < -0.39 is 41.7 Å². The van der Waals surface area contributed by atoms with Crippen LogP contribution in [0.3, 0.4) is 0 Å². The lowest BCUT2D eigenvalue weighted by molar-refractivity contribution is -0.147. The molecule has 2 atom stereocenters. The molecule has 3 amide bonds. The number of carbonyl (C=O) groups excluding carboxylic acids is 4. The van der Waals surface area contributed by atoms with E-state index in [-0.39, 0.29) is 43.1 Å². The van der Waals surface area contributed by atoms with Crippen LogP contribution in [0.5, 0.6) is 0 Å². The molecular weight excluding hydrogens is 397 g/mol. The number of benzene rings is 1. The number of urea groups is 1. The lowest BCUT2D eigenvalue weighted by Crippen LogP contribution is -2.50. The molecule has 0 radical (unpaired) electrons. The van der Waals surface area contributed by atoms with E-state index in [1.165, 1.54) is 23.1 Å². The number of nitrogens with zero attached hydrogens (tertiary/aromatic N) is 1. The zero-order chi connectivity index (χ0) is 21.8. The standard InChI is InChI=1S/C20H22FN3O6/c1-3-29-19(27)17-11(2)22-20(28)23-14(17)10-30-18(26)12-8-16(25)24(9-12)15-7-5-4-6-13(15)21/h4-7,11-12H,3,8-10H2,1-2H3,(H2,22,23,28)/t11-,12+/m1/s1. The van der Waals surface area contributed by atoms with Crippen LogP contribution < -0.4 is 15.5 Å². The van der Waals surface area contributed by atoms with Gasteiger partial charge in [-0.3, -0.25) is 9.59 Å². The summed E-state index contributed by atoms with van der Waals surface area (Å²) in [5, 5.41) is 5.00. The van der Waals surface area contributed by atoms with Crippen molar-refractivity contribution in [2.75, 3.05) is 24.7 Å². The molecule has 1 fully saturated rings. The second kappa shape index (κ2) is 8.93. The predicted octanol–water partition coefficient (Wildman–Crippen LogP) is 1.24. The molecule has 0 spiro atoms. The molecule has 9 nitrogen and oxygen atoms in total. The fraction of sp³-hybridized carbons (Fsp3) is 0.400. The van der Waals surface area contributed by atoms with Crippen molar-refractivity contribution < 1.29 is 33.0 Å². The van der Waals surface area contributed by atoms with E-state index in [0.29, 0.717) is 0 Å². The van der Waals surface area contributed by atoms with Crippen LogP contribution in [0.15, 0.2) is 35.5 Å². The molecule has 2 aliphatic heterocycles. The lowest BCUT2D eigenvalue weighted by Gasteiger charge is -2.26. The molecule has 10 heteroatoms. The highest BCUT2D eigenvalue weighted by Gasteiger charge is 2.38. The minimum atomic E-state index is -0.793. The summed E-state index contributed by atoms with van der Waals surface area (Å²) < 4.78 is 24.2. The third-order valence-electron chi connectivity index (χ3n) is 4.83. The topological polar surface area (TPSA) is 114 Å². The summed E-state index contributed by atoms with van der Waals surface area (Å²) in [6, 6.07) is 4.64. The monoisotopic (exact) mass is 419 g/mol. The molecule has 0 bridgehead atoms. The maximum absolute atomic E-state index is 14.0. The molecule has 2 aliphatic rings. The Hall–Kier alpha value is -3.43. The molecule has 3 rings (SSSR count). The molecule has 0 aromatic heterocycles. The zero-order valence-corrected chi connectivity index (χ0v) is 16.6. The first-order valence-electron chi connectivity index (χ1n) is 9.51. The highest BCUT2D eigenvalue weighted by atomic mass is 19.1. The van der Waals surface area contributed by atoms with Gasteiger partial charge < -0.3 is 25.0 Å². The van der Waals surface area contributed by atoms with Gasteiger partial charge in [0.05, 0.1) is 35.5 Å². The van der Waals surface area contributed by atoms with Crippen LogP contribution in [0.4, 0.5) is 14.9 Å². The highest BCUT2D eigenvalue weighted by molar-refractivity contribution is 5.99. The molecule has 1 aromatic rings. The number of anilines is 1. The van der Waals surface area contributed by atoms with Crippen molar-refractivity contribution >= 4 is 29.6 Å². The van der Waals surface area contributed by atoms with Gasteiger partial charge in [-0.15, -0.1) is 0 Å². The Morgan fingerprint density at radius 3 is 2.67 bits per heavy atom. The minimum Gasteiger partial charge on any atom is -0.463 e. The van der Waals surface area contributed by atoms with Crippen LogP contribution in [0.25, 0.3) is 0 Å². The fourth-order valence-electron chi connectivity index (χ4n) is 3.42. The minimum absolute atomic E-state index is 0.0211. The van der Waals surface area contributed by atoms with Gasteiger partial charge in [0, 0.05) is 13.0 Å². The van der Waals surface area contributed by atoms with Crippen LogP contribution in [0.1, 0.15) is 20.3 Å². The summed E-state index contributed by atoms with van der Waals surface area (Å²) in [7, 11) is 0. The number of hydrogen-bond acceptors (Lipinski definition) is 6. The maximum Gasteiger partial charge on any atom is 0.338 e. The van der Waals surface area contributed by atoms with Crippen molar-refractivity contribution in [1.82, 2.24) is 10.6 Å². The van der Waals surface area contributed by atoms with Crippen LogP contribution >= 0.6 is 0 Å². The van der Waals surface area contributed by atoms with Crippen molar-refractivity contribution in [1.29, 1.82) is 0 Å². The summed E-state index contributed by atoms with van der Waals surface area (Å²) in [6.45, 7) is 3.01. The van der Waals surface area contributed by atoms with Gasteiger partial charge in [-0.25, -0.2) is 14.0 Å². The number of rotatable bonds is 6. The molecule has 2 heterocycles. The molecule has 2 N–H and O–H groups in total. The Balaban J connectivity index is 1.69. The predicted molar refractivity (Wildman–Crippen MR) is 103 cm³/mol. The van der Waals surface area contributed by atoms with Crippen LogP contribution in [-0.4, -0.2) is 49.7 Å². The number of esters is 2. The Morgan fingerprint density at radius 1 is 1.23 bits per heavy atom. The van der Waals surface area contributed by atoms with Crippen molar-refractivity contribution in [2.24, 2.45) is 5.92 Å². The first kappa shape index (κ1) is 21.3. The molecule has 1 saturated heterocycles. The smallest absolute Gasteiger partial charge is 0.338 e. The third-order valence-corrected chi connectivity index (χ3v) is 4.83. The number of amides is 3. The summed E-state index contributed by atoms with van der Waals surface area (Å²) in [6.07, 6.45) is -0.124. The van der Waals surface area contributed by atoms with Crippen LogP contribution in [0, 0.1) is 11.7 Å². The van der Waals surface area contributed by atoms with E-state index in [0.717, 1.165) is 0 Å². The Labute approximate surface area is 172 Å². The van der Waals surface area contributed by atoms with Gasteiger partial charge in [-0.05, 0) is 26.0 Å². The number of para-hydroxylation sites is 1. The molecular formula is C20H22FN3O6. The molecule has 0 unspecified atom stereocenters. The molecule has 0 aliphatic carbocycles. The Kier molecular flexibility index (Phi) is 6.34. The summed E-state index contributed by atoms with van der Waals surface area (Å²) in [4.78, 5) is 49.9. The van der Waals surface area contributed by atoms with E-state index in [9.17, 15) is 23.6 Å². The summed E-state index contributed by atoms with van der Waals surface area (Å²) in [5.74, 6) is -3.06. The average molecular weight is 419 g/mol. The number of nitrogens with one attached hydrogen (secondary N) is 2. The van der Waals surface area contributed by atoms with E-state index in [2.05, 4.69) is 10.6 Å². The third kappa shape index (κ3) is 4.42. The van der Waals surface area contributed by atoms with Crippen molar-refractivity contribution in [3.8, 4) is 0 Å².